The molecule has 0 spiro atoms. The lowest BCUT2D eigenvalue weighted by atomic mass is 10.1. The molecule has 28 heavy (non-hydrogen) atoms. The Balaban J connectivity index is 0.000000211. The number of fused-ring (bicyclic) bond motifs is 1. The van der Waals surface area contributed by atoms with E-state index in [1.807, 2.05) is 6.92 Å². The summed E-state index contributed by atoms with van der Waals surface area (Å²) in [5, 5.41) is 14.3. The van der Waals surface area contributed by atoms with Gasteiger partial charge in [-0.25, -0.2) is 0 Å². The van der Waals surface area contributed by atoms with E-state index in [2.05, 4.69) is 30.4 Å². The third kappa shape index (κ3) is 3.72. The first kappa shape index (κ1) is 18.8. The molecule has 2 aromatic heterocycles. The van der Waals surface area contributed by atoms with Crippen molar-refractivity contribution in [1.29, 1.82) is 0 Å². The van der Waals surface area contributed by atoms with Gasteiger partial charge in [0.05, 0.1) is 17.7 Å². The molecule has 142 valence electrons. The van der Waals surface area contributed by atoms with Crippen molar-refractivity contribution in [2.24, 2.45) is 0 Å². The van der Waals surface area contributed by atoms with Crippen molar-refractivity contribution in [1.82, 2.24) is 35.3 Å². The molecule has 2 amide bonds. The predicted octanol–water partition coefficient (Wildman–Crippen LogP) is -0.312. The number of aromatic amines is 2. The highest BCUT2D eigenvalue weighted by atomic mass is 16.2. The van der Waals surface area contributed by atoms with Crippen molar-refractivity contribution in [3.63, 3.8) is 0 Å². The molecule has 0 unspecified atom stereocenters. The lowest BCUT2D eigenvalue weighted by molar-refractivity contribution is 0.0639. The maximum absolute atomic E-state index is 12.1. The number of imide groups is 1. The van der Waals surface area contributed by atoms with Gasteiger partial charge in [-0.3, -0.25) is 24.1 Å². The fourth-order valence-electron chi connectivity index (χ4n) is 2.50. The van der Waals surface area contributed by atoms with E-state index in [1.165, 1.54) is 6.33 Å². The van der Waals surface area contributed by atoms with Crippen LogP contribution in [0, 0.1) is 0 Å². The van der Waals surface area contributed by atoms with Crippen molar-refractivity contribution < 1.29 is 9.59 Å². The van der Waals surface area contributed by atoms with Crippen LogP contribution >= 0.6 is 0 Å². The average molecular weight is 381 g/mol. The fourth-order valence-corrected chi connectivity index (χ4v) is 2.50. The molecule has 0 atom stereocenters. The van der Waals surface area contributed by atoms with Gasteiger partial charge in [-0.1, -0.05) is 19.1 Å². The number of nitrogens with zero attached hydrogens (tertiary/aromatic N) is 5. The molecular formula is C17H15N7O4. The van der Waals surface area contributed by atoms with Gasteiger partial charge in [-0.15, -0.1) is 20.4 Å². The normalized spacial score (nSPS) is 12.4. The number of amides is 2. The molecule has 1 aliphatic rings. The Bertz CT molecular complexity index is 1100. The van der Waals surface area contributed by atoms with E-state index >= 15 is 0 Å². The predicted molar refractivity (Wildman–Crippen MR) is 95.3 cm³/mol. The van der Waals surface area contributed by atoms with Crippen LogP contribution in [-0.4, -0.2) is 47.1 Å². The monoisotopic (exact) mass is 381 g/mol. The molecule has 0 aliphatic carbocycles. The minimum Gasteiger partial charge on any atom is -0.310 e. The maximum Gasteiger partial charge on any atom is 0.274 e. The smallest absolute Gasteiger partial charge is 0.274 e. The molecule has 1 aromatic carbocycles. The van der Waals surface area contributed by atoms with Crippen LogP contribution in [0.1, 0.15) is 39.0 Å². The van der Waals surface area contributed by atoms with E-state index in [1.54, 1.807) is 24.3 Å². The molecule has 3 aromatic rings. The number of hydrogen-bond donors (Lipinski definition) is 2. The van der Waals surface area contributed by atoms with Crippen LogP contribution in [0.25, 0.3) is 0 Å². The molecular weight excluding hydrogens is 366 g/mol. The summed E-state index contributed by atoms with van der Waals surface area (Å²) in [6.07, 6.45) is 3.05. The average Bonchev–Trinajstić information content (AvgIpc) is 2.96. The van der Waals surface area contributed by atoms with Crippen LogP contribution in [0.3, 0.4) is 0 Å². The van der Waals surface area contributed by atoms with Crippen LogP contribution < -0.4 is 11.1 Å². The highest BCUT2D eigenvalue weighted by Crippen LogP contribution is 2.23. The van der Waals surface area contributed by atoms with Gasteiger partial charge < -0.3 is 9.97 Å². The Labute approximate surface area is 157 Å². The Morgan fingerprint density at radius 2 is 1.32 bits per heavy atom. The van der Waals surface area contributed by atoms with Gasteiger partial charge in [0.2, 0.25) is 0 Å². The highest BCUT2D eigenvalue weighted by Gasteiger charge is 2.35. The summed E-state index contributed by atoms with van der Waals surface area (Å²) in [6, 6.07) is 6.53. The van der Waals surface area contributed by atoms with Crippen LogP contribution in [0.4, 0.5) is 0 Å². The first-order valence-corrected chi connectivity index (χ1v) is 8.26. The van der Waals surface area contributed by atoms with Gasteiger partial charge in [0.25, 0.3) is 22.9 Å². The van der Waals surface area contributed by atoms with Gasteiger partial charge in [0.15, 0.2) is 0 Å². The van der Waals surface area contributed by atoms with Gasteiger partial charge in [-0.2, -0.15) is 0 Å². The standard InChI is InChI=1S/C12H8N4O3.C5H7N3O/c17-10-9(15-14-6-13-10)5-16-11(18)7-3-1-2-4-8(7)12(16)19;1-2-4-5(9)6-3-7-8-4/h1-4,6H,5H2,(H,13,14,17);3H,2H2,1H3,(H,6,7,9). The van der Waals surface area contributed by atoms with Crippen molar-refractivity contribution in [3.8, 4) is 0 Å². The molecule has 0 saturated heterocycles. The summed E-state index contributed by atoms with van der Waals surface area (Å²) in [5.74, 6) is -0.851. The third-order valence-electron chi connectivity index (χ3n) is 3.91. The Morgan fingerprint density at radius 3 is 1.75 bits per heavy atom. The number of carbonyl (C=O) groups is 2. The van der Waals surface area contributed by atoms with E-state index in [9.17, 15) is 19.2 Å². The van der Waals surface area contributed by atoms with Crippen molar-refractivity contribution in [2.75, 3.05) is 0 Å². The van der Waals surface area contributed by atoms with Crippen molar-refractivity contribution in [3.05, 3.63) is 80.1 Å². The van der Waals surface area contributed by atoms with Gasteiger partial charge in [-0.05, 0) is 18.6 Å². The Kier molecular flexibility index (Phi) is 5.44. The van der Waals surface area contributed by atoms with Gasteiger partial charge >= 0.3 is 0 Å². The summed E-state index contributed by atoms with van der Waals surface area (Å²) >= 11 is 0. The summed E-state index contributed by atoms with van der Waals surface area (Å²) in [7, 11) is 0. The van der Waals surface area contributed by atoms with Crippen LogP contribution in [0.2, 0.25) is 0 Å². The Hall–Kier alpha value is -4.02. The molecule has 4 rings (SSSR count). The Morgan fingerprint density at radius 1 is 0.821 bits per heavy atom. The zero-order valence-corrected chi connectivity index (χ0v) is 14.7. The number of carbonyl (C=O) groups excluding carboxylic acids is 2. The molecule has 0 fully saturated rings. The van der Waals surface area contributed by atoms with Gasteiger partial charge in [0, 0.05) is 0 Å². The molecule has 0 saturated carbocycles. The number of H-pyrrole nitrogens is 2. The second-order valence-electron chi connectivity index (χ2n) is 5.63. The lowest BCUT2D eigenvalue weighted by Crippen LogP contribution is -2.32. The van der Waals surface area contributed by atoms with E-state index in [0.717, 1.165) is 11.2 Å². The summed E-state index contributed by atoms with van der Waals surface area (Å²) in [6.45, 7) is 1.68. The van der Waals surface area contributed by atoms with E-state index < -0.39 is 17.4 Å². The zero-order valence-electron chi connectivity index (χ0n) is 14.7. The van der Waals surface area contributed by atoms with Crippen LogP contribution in [-0.2, 0) is 13.0 Å². The van der Waals surface area contributed by atoms with Crippen molar-refractivity contribution >= 4 is 11.8 Å². The van der Waals surface area contributed by atoms with Crippen molar-refractivity contribution in [2.45, 2.75) is 19.9 Å². The number of aryl methyl sites for hydroxylation is 1. The molecule has 11 heteroatoms. The van der Waals surface area contributed by atoms with E-state index in [-0.39, 0.29) is 17.8 Å². The number of hydrogen-bond acceptors (Lipinski definition) is 8. The molecule has 0 radical (unpaired) electrons. The molecule has 2 N–H and O–H groups in total. The summed E-state index contributed by atoms with van der Waals surface area (Å²) in [4.78, 5) is 52.1. The van der Waals surface area contributed by atoms with E-state index in [4.69, 9.17) is 0 Å². The number of benzene rings is 1. The van der Waals surface area contributed by atoms with Gasteiger partial charge in [0.1, 0.15) is 24.0 Å². The van der Waals surface area contributed by atoms with Crippen LogP contribution in [0.5, 0.6) is 0 Å². The lowest BCUT2D eigenvalue weighted by Gasteiger charge is -2.11. The quantitative estimate of drug-likeness (QED) is 0.585. The maximum atomic E-state index is 12.1. The topological polar surface area (TPSA) is 155 Å². The number of rotatable bonds is 3. The zero-order chi connectivity index (χ0) is 20.1. The first-order valence-electron chi connectivity index (χ1n) is 8.26. The fraction of sp³-hybridized carbons (Fsp3) is 0.176. The molecule has 11 nitrogen and oxygen atoms in total. The second-order valence-corrected chi connectivity index (χ2v) is 5.63. The van der Waals surface area contributed by atoms with Crippen LogP contribution in [0.15, 0.2) is 46.5 Å². The number of nitrogens with one attached hydrogen (secondary N) is 2. The minimum absolute atomic E-state index is 0.0250. The summed E-state index contributed by atoms with van der Waals surface area (Å²) < 4.78 is 0. The van der Waals surface area contributed by atoms with E-state index in [0.29, 0.717) is 23.2 Å². The summed E-state index contributed by atoms with van der Waals surface area (Å²) in [5.41, 5.74) is 0.578. The molecule has 1 aliphatic heterocycles. The highest BCUT2D eigenvalue weighted by molar-refractivity contribution is 6.21. The second kappa shape index (κ2) is 8.12. The SMILES string of the molecule is CCc1nnc[nH]c1=O.O=C1c2ccccc2C(=O)N1Cc1nnc[nH]c1=O. The number of aromatic nitrogens is 6. The molecule has 3 heterocycles. The largest absolute Gasteiger partial charge is 0.310 e. The first-order chi connectivity index (χ1) is 13.5. The third-order valence-corrected chi connectivity index (χ3v) is 3.91. The molecule has 0 bridgehead atoms. The minimum atomic E-state index is -0.466.